The van der Waals surface area contributed by atoms with Gasteiger partial charge in [-0.25, -0.2) is 0 Å². The van der Waals surface area contributed by atoms with Crippen LogP contribution in [0.1, 0.15) is 129 Å². The largest absolute Gasteiger partial charge is 0.507 e. The average Bonchev–Trinajstić information content (AvgIpc) is 3.54. The summed E-state index contributed by atoms with van der Waals surface area (Å²) < 4.78 is 73.5. The number of carbonyl (C=O) groups is 3. The van der Waals surface area contributed by atoms with E-state index in [1.54, 1.807) is 39.8 Å². The maximum Gasteiger partial charge on any atom is 0.302 e. The van der Waals surface area contributed by atoms with Crippen LogP contribution < -0.4 is 4.74 Å². The number of ketones is 2. The van der Waals surface area contributed by atoms with Crippen molar-refractivity contribution in [3.05, 3.63) is 28.8 Å². The van der Waals surface area contributed by atoms with E-state index >= 15 is 4.79 Å². The molecule has 7 N–H and O–H groups in total. The van der Waals surface area contributed by atoms with Crippen molar-refractivity contribution in [2.75, 3.05) is 7.11 Å². The standard InChI is InChI=1S/C56H82O22/c1-22-13-34(58)17-40(68-22)75-37-18-41(70-26(5)23(37)2)74-36-16-33-14-32-15-35(54(67-12)53(65)50(62)30(9)69-31(10)57)55(52(64)46(32)51(63)45(33)47(59)24(36)3)78-43-20-38(48(60)29(8)73-43)76-42-19-39(49(61)28(7)72-42)77-44-21-56(11,66)25(4)27(6)71-44/h14,16,22-23,25-30,34-35,37-44,48-50,54-55,58-63,66H,13,15,17-21H2,1-12H3/t22?,23-,25-,26?,27?,28?,29?,30+,34-,35-,37+,38+,39+,40+,41-,42-,43-,44-,48+,49+,50-,54-,55-,56?/m0/s1. The molecule has 22 nitrogen and oxygen atoms in total. The van der Waals surface area contributed by atoms with Gasteiger partial charge in [0.2, 0.25) is 6.29 Å². The third kappa shape index (κ3) is 12.8. The van der Waals surface area contributed by atoms with Crippen molar-refractivity contribution in [2.24, 2.45) is 17.8 Å². The summed E-state index contributed by atoms with van der Waals surface area (Å²) in [6.07, 6.45) is -18.0. The third-order valence-corrected chi connectivity index (χ3v) is 17.1. The molecule has 2 aromatic rings. The van der Waals surface area contributed by atoms with Gasteiger partial charge in [0, 0.05) is 69.5 Å². The molecule has 5 aliphatic heterocycles. The van der Waals surface area contributed by atoms with E-state index in [1.165, 1.54) is 14.0 Å². The van der Waals surface area contributed by atoms with Crippen LogP contribution in [0.15, 0.2) is 12.1 Å². The van der Waals surface area contributed by atoms with Gasteiger partial charge in [0.15, 0.2) is 42.8 Å². The number of aliphatic hydroxyl groups is 5. The number of phenols is 2. The molecule has 0 amide bonds. The summed E-state index contributed by atoms with van der Waals surface area (Å²) in [5, 5.41) is 79.6. The molecule has 0 bridgehead atoms. The molecule has 0 aromatic heterocycles. The predicted octanol–water partition coefficient (Wildman–Crippen LogP) is 3.90. The molecule has 6 unspecified atom stereocenters. The second-order valence-electron chi connectivity index (χ2n) is 22.9. The Kier molecular flexibility index (Phi) is 18.9. The molecule has 8 rings (SSSR count). The number of hydrogen-bond donors (Lipinski definition) is 7. The number of Topliss-reactive ketones (excluding diaryl/α,β-unsaturated/α-hetero) is 2. The Balaban J connectivity index is 1.06. The van der Waals surface area contributed by atoms with Crippen LogP contribution in [-0.2, 0) is 68.1 Å². The van der Waals surface area contributed by atoms with Gasteiger partial charge in [-0.2, -0.15) is 0 Å². The van der Waals surface area contributed by atoms with Crippen molar-refractivity contribution in [3.8, 4) is 17.2 Å². The summed E-state index contributed by atoms with van der Waals surface area (Å²) in [4.78, 5) is 41.4. The van der Waals surface area contributed by atoms with Crippen LogP contribution >= 0.6 is 0 Å². The van der Waals surface area contributed by atoms with Gasteiger partial charge in [0.05, 0.1) is 71.5 Å². The highest BCUT2D eigenvalue weighted by molar-refractivity contribution is 6.11. The number of fused-ring (bicyclic) bond motifs is 2. The summed E-state index contributed by atoms with van der Waals surface area (Å²) in [6, 6.07) is 3.18. The molecule has 5 heterocycles. The lowest BCUT2D eigenvalue weighted by Crippen LogP contribution is -2.57. The normalized spacial score (nSPS) is 40.7. The minimum atomic E-state index is -1.91. The molecule has 22 heteroatoms. The second-order valence-corrected chi connectivity index (χ2v) is 22.9. The van der Waals surface area contributed by atoms with Gasteiger partial charge < -0.3 is 92.6 Å². The molecular weight excluding hydrogens is 1020 g/mol. The number of rotatable bonds is 16. The summed E-state index contributed by atoms with van der Waals surface area (Å²) in [6.45, 7) is 18.5. The number of carbonyl (C=O) groups excluding carboxylic acids is 3. The van der Waals surface area contributed by atoms with Crippen molar-refractivity contribution >= 4 is 28.3 Å². The first-order valence-electron chi connectivity index (χ1n) is 27.4. The zero-order valence-corrected chi connectivity index (χ0v) is 46.6. The maximum absolute atomic E-state index is 15.2. The summed E-state index contributed by atoms with van der Waals surface area (Å²) >= 11 is 0. The first kappa shape index (κ1) is 60.4. The van der Waals surface area contributed by atoms with Crippen LogP contribution in [0.5, 0.6) is 17.2 Å². The molecule has 438 valence electrons. The number of methoxy groups -OCH3 is 1. The Hall–Kier alpha value is -3.69. The molecule has 0 spiro atoms. The van der Waals surface area contributed by atoms with Gasteiger partial charge in [-0.15, -0.1) is 0 Å². The molecule has 0 radical (unpaired) electrons. The molecule has 0 saturated carbocycles. The van der Waals surface area contributed by atoms with Crippen LogP contribution in [0.4, 0.5) is 0 Å². The quantitative estimate of drug-likeness (QED) is 0.117. The van der Waals surface area contributed by atoms with Crippen LogP contribution in [0.2, 0.25) is 0 Å². The molecule has 78 heavy (non-hydrogen) atoms. The number of ether oxygens (including phenoxy) is 12. The first-order valence-corrected chi connectivity index (χ1v) is 27.4. The van der Waals surface area contributed by atoms with E-state index in [9.17, 15) is 45.3 Å². The Morgan fingerprint density at radius 2 is 1.29 bits per heavy atom. The highest BCUT2D eigenvalue weighted by Gasteiger charge is 2.51. The summed E-state index contributed by atoms with van der Waals surface area (Å²) in [5.41, 5.74) is -0.848. The molecule has 2 aromatic carbocycles. The van der Waals surface area contributed by atoms with Gasteiger partial charge >= 0.3 is 5.97 Å². The van der Waals surface area contributed by atoms with E-state index in [-0.39, 0.29) is 107 Å². The van der Waals surface area contributed by atoms with Crippen molar-refractivity contribution in [3.63, 3.8) is 0 Å². The van der Waals surface area contributed by atoms with Gasteiger partial charge in [0.25, 0.3) is 0 Å². The van der Waals surface area contributed by atoms with Crippen molar-refractivity contribution in [2.45, 2.75) is 250 Å². The maximum atomic E-state index is 15.2. The van der Waals surface area contributed by atoms with Crippen molar-refractivity contribution in [1.82, 2.24) is 0 Å². The van der Waals surface area contributed by atoms with E-state index in [0.29, 0.717) is 12.8 Å². The molecular formula is C56H82O22. The predicted molar refractivity (Wildman–Crippen MR) is 273 cm³/mol. The third-order valence-electron chi connectivity index (χ3n) is 17.1. The summed E-state index contributed by atoms with van der Waals surface area (Å²) in [7, 11) is 1.21. The summed E-state index contributed by atoms with van der Waals surface area (Å²) in [5.74, 6) is -4.74. The Labute approximate surface area is 454 Å². The van der Waals surface area contributed by atoms with E-state index in [1.807, 2.05) is 34.6 Å². The number of aliphatic hydroxyl groups excluding tert-OH is 4. The lowest BCUT2D eigenvalue weighted by molar-refractivity contribution is -0.331. The number of hydrogen-bond acceptors (Lipinski definition) is 22. The number of aromatic hydroxyl groups is 2. The van der Waals surface area contributed by atoms with E-state index < -0.39 is 133 Å². The van der Waals surface area contributed by atoms with Crippen LogP contribution in [0.3, 0.4) is 0 Å². The van der Waals surface area contributed by atoms with E-state index in [4.69, 9.17) is 56.8 Å². The molecule has 6 aliphatic rings. The fraction of sp³-hybridized carbons (Fsp3) is 0.768. The van der Waals surface area contributed by atoms with Crippen molar-refractivity contribution in [1.29, 1.82) is 0 Å². The molecule has 5 fully saturated rings. The molecule has 5 saturated heterocycles. The Bertz CT molecular complexity index is 2440. The Morgan fingerprint density at radius 3 is 1.90 bits per heavy atom. The zero-order chi connectivity index (χ0) is 57.0. The Morgan fingerprint density at radius 1 is 0.731 bits per heavy atom. The smallest absolute Gasteiger partial charge is 0.302 e. The van der Waals surface area contributed by atoms with Gasteiger partial charge in [-0.3, -0.25) is 14.4 Å². The minimum Gasteiger partial charge on any atom is -0.507 e. The van der Waals surface area contributed by atoms with Gasteiger partial charge in [0.1, 0.15) is 47.8 Å². The van der Waals surface area contributed by atoms with Crippen LogP contribution in [0, 0.1) is 24.7 Å². The van der Waals surface area contributed by atoms with Crippen LogP contribution in [-0.4, -0.2) is 189 Å². The fourth-order valence-corrected chi connectivity index (χ4v) is 12.0. The average molecular weight is 1110 g/mol. The number of esters is 1. The fourth-order valence-electron chi connectivity index (χ4n) is 12.0. The van der Waals surface area contributed by atoms with Crippen molar-refractivity contribution < 1.29 is 107 Å². The lowest BCUT2D eigenvalue weighted by Gasteiger charge is -2.46. The zero-order valence-electron chi connectivity index (χ0n) is 46.6. The first-order chi connectivity index (χ1) is 36.6. The van der Waals surface area contributed by atoms with E-state index in [0.717, 1.165) is 6.92 Å². The second kappa shape index (κ2) is 24.4. The SMILES string of the molecule is CO[C@H](C(=O)[C@@H](O)[C@@H](C)OC(C)=O)[C@@H]1Cc2cc3cc(O[C@H]4C[C@@H](O[C@@H]5C[C@@H](O)CC(C)O5)[C@@H](C)C(C)O4)c(C)c(O)c3c(O)c2C(=O)[C@H]1O[C@H]1C[C@@H](O[C@H]2C[C@@H](O[C@H]3CC(C)(O)[C@@H](C)C(C)O3)[C@H](O)C(C)O2)[C@H](O)C(C)O1. The van der Waals surface area contributed by atoms with E-state index in [2.05, 4.69) is 0 Å². The highest BCUT2D eigenvalue weighted by Crippen LogP contribution is 2.48. The van der Waals surface area contributed by atoms with Gasteiger partial charge in [-0.05, 0) is 91.3 Å². The number of benzene rings is 2. The minimum absolute atomic E-state index is 0.00462. The monoisotopic (exact) mass is 1110 g/mol. The topological polar surface area (TPSA) is 304 Å². The highest BCUT2D eigenvalue weighted by atomic mass is 16.7. The number of phenolic OH excluding ortho intramolecular Hbond substituents is 2. The molecule has 1 aliphatic carbocycles. The lowest BCUT2D eigenvalue weighted by atomic mass is 9.75. The molecule has 24 atom stereocenters. The van der Waals surface area contributed by atoms with Crippen LogP contribution in [0.25, 0.3) is 10.8 Å². The van der Waals surface area contributed by atoms with Gasteiger partial charge in [-0.1, -0.05) is 13.8 Å².